The van der Waals surface area contributed by atoms with Crippen LogP contribution >= 0.6 is 0 Å². The van der Waals surface area contributed by atoms with E-state index >= 15 is 0 Å². The van der Waals surface area contributed by atoms with Crippen LogP contribution in [0.5, 0.6) is 0 Å². The van der Waals surface area contributed by atoms with E-state index in [-0.39, 0.29) is 25.2 Å². The number of carbonyl (C=O) groups excluding carboxylic acids is 2. The molecule has 6 heteroatoms. The largest absolute Gasteiger partial charge is 0.449 e. The number of hydrogen-bond acceptors (Lipinski definition) is 4. The lowest BCUT2D eigenvalue weighted by Crippen LogP contribution is -2.49. The normalized spacial score (nSPS) is 17.9. The minimum absolute atomic E-state index is 0.222. The lowest BCUT2D eigenvalue weighted by Gasteiger charge is -2.37. The smallest absolute Gasteiger partial charge is 0.429 e. The molecule has 28 heavy (non-hydrogen) atoms. The van der Waals surface area contributed by atoms with Gasteiger partial charge in [-0.15, -0.1) is 0 Å². The van der Waals surface area contributed by atoms with Crippen LogP contribution in [0.4, 0.5) is 9.59 Å². The van der Waals surface area contributed by atoms with Crippen LogP contribution in [0.15, 0.2) is 54.6 Å². The number of rotatable bonds is 4. The fraction of sp³-hybridized carbons (Fsp3) is 0.364. The number of amides is 2. The van der Waals surface area contributed by atoms with Crippen LogP contribution in [0.2, 0.25) is 0 Å². The van der Waals surface area contributed by atoms with Crippen LogP contribution in [-0.2, 0) is 9.47 Å². The van der Waals surface area contributed by atoms with E-state index in [0.29, 0.717) is 6.42 Å². The second kappa shape index (κ2) is 9.26. The first-order valence-electron chi connectivity index (χ1n) is 9.68. The molecule has 1 aliphatic rings. The topological polar surface area (TPSA) is 67.9 Å². The maximum Gasteiger partial charge on any atom is 0.429 e. The Morgan fingerprint density at radius 2 is 1.57 bits per heavy atom. The number of benzene rings is 2. The van der Waals surface area contributed by atoms with Gasteiger partial charge in [-0.1, -0.05) is 54.6 Å². The van der Waals surface area contributed by atoms with Crippen molar-refractivity contribution in [3.63, 3.8) is 0 Å². The van der Waals surface area contributed by atoms with Crippen molar-refractivity contribution in [1.29, 1.82) is 0 Å². The molecule has 3 rings (SSSR count). The van der Waals surface area contributed by atoms with Gasteiger partial charge in [0.25, 0.3) is 0 Å². The zero-order valence-corrected chi connectivity index (χ0v) is 16.3. The molecule has 148 valence electrons. The molecule has 2 aromatic carbocycles. The molecule has 2 aromatic rings. The lowest BCUT2D eigenvalue weighted by molar-refractivity contribution is 0.0502. The average Bonchev–Trinajstić information content (AvgIpc) is 2.72. The van der Waals surface area contributed by atoms with Gasteiger partial charge in [-0.3, -0.25) is 0 Å². The highest BCUT2D eigenvalue weighted by Gasteiger charge is 2.35. The van der Waals surface area contributed by atoms with Gasteiger partial charge in [0.2, 0.25) is 0 Å². The summed E-state index contributed by atoms with van der Waals surface area (Å²) in [6.07, 6.45) is 0.292. The number of hydrazine groups is 1. The van der Waals surface area contributed by atoms with Crippen molar-refractivity contribution in [2.75, 3.05) is 13.2 Å². The summed E-state index contributed by atoms with van der Waals surface area (Å²) in [5, 5.41) is 1.27. The predicted molar refractivity (Wildman–Crippen MR) is 106 cm³/mol. The standard InChI is InChI=1S/C22H26N2O4/c1-3-27-21(25)23-24(22(26)28-4-2)20-15-14-17(16-10-6-5-7-11-16)18-12-8-9-13-19(18)20/h5-13,17,20H,3-4,14-15H2,1-2H3,(H,23,25). The monoisotopic (exact) mass is 382 g/mol. The maximum atomic E-state index is 12.6. The van der Waals surface area contributed by atoms with E-state index in [0.717, 1.165) is 17.5 Å². The SMILES string of the molecule is CCOC(=O)NN(C(=O)OCC)C1CCC(c2ccccc2)c2ccccc21. The maximum absolute atomic E-state index is 12.6. The van der Waals surface area contributed by atoms with Crippen LogP contribution in [0.3, 0.4) is 0 Å². The van der Waals surface area contributed by atoms with Crippen LogP contribution in [0.1, 0.15) is 55.3 Å². The fourth-order valence-electron chi connectivity index (χ4n) is 3.77. The first-order chi connectivity index (χ1) is 13.7. The van der Waals surface area contributed by atoms with Crippen molar-refractivity contribution in [3.8, 4) is 0 Å². The summed E-state index contributed by atoms with van der Waals surface area (Å²) in [5.41, 5.74) is 5.97. The number of fused-ring (bicyclic) bond motifs is 1. The Morgan fingerprint density at radius 1 is 0.929 bits per heavy atom. The molecule has 0 saturated heterocycles. The van der Waals surface area contributed by atoms with Crippen LogP contribution in [0.25, 0.3) is 0 Å². The van der Waals surface area contributed by atoms with Crippen molar-refractivity contribution in [2.24, 2.45) is 0 Å². The molecule has 1 aliphatic carbocycles. The molecule has 0 fully saturated rings. The molecule has 0 spiro atoms. The number of ether oxygens (including phenoxy) is 2. The van der Waals surface area contributed by atoms with E-state index in [9.17, 15) is 9.59 Å². The third-order valence-electron chi connectivity index (χ3n) is 4.92. The third-order valence-corrected chi connectivity index (χ3v) is 4.92. The summed E-state index contributed by atoms with van der Waals surface area (Å²) in [5.74, 6) is 0.250. The molecule has 2 unspecified atom stereocenters. The van der Waals surface area contributed by atoms with Crippen molar-refractivity contribution < 1.29 is 19.1 Å². The van der Waals surface area contributed by atoms with Gasteiger partial charge >= 0.3 is 12.2 Å². The van der Waals surface area contributed by atoms with E-state index in [2.05, 4.69) is 23.6 Å². The first-order valence-corrected chi connectivity index (χ1v) is 9.68. The quantitative estimate of drug-likeness (QED) is 0.773. The minimum atomic E-state index is -0.668. The first kappa shape index (κ1) is 19.7. The number of nitrogens with zero attached hydrogens (tertiary/aromatic N) is 1. The second-order valence-corrected chi connectivity index (χ2v) is 6.59. The van der Waals surface area contributed by atoms with Gasteiger partial charge in [0.1, 0.15) is 0 Å². The summed E-state index contributed by atoms with van der Waals surface area (Å²) < 4.78 is 10.1. The zero-order chi connectivity index (χ0) is 19.9. The molecule has 0 heterocycles. The van der Waals surface area contributed by atoms with Crippen molar-refractivity contribution in [1.82, 2.24) is 10.4 Å². The van der Waals surface area contributed by atoms with Gasteiger partial charge in [-0.05, 0) is 43.4 Å². The lowest BCUT2D eigenvalue weighted by atomic mass is 9.76. The van der Waals surface area contributed by atoms with Gasteiger partial charge in [-0.2, -0.15) is 0 Å². The van der Waals surface area contributed by atoms with Crippen LogP contribution in [-0.4, -0.2) is 30.4 Å². The highest BCUT2D eigenvalue weighted by molar-refractivity contribution is 5.74. The second-order valence-electron chi connectivity index (χ2n) is 6.59. The van der Waals surface area contributed by atoms with E-state index in [1.165, 1.54) is 10.6 Å². The highest BCUT2D eigenvalue weighted by atomic mass is 16.6. The Balaban J connectivity index is 1.94. The zero-order valence-electron chi connectivity index (χ0n) is 16.3. The third kappa shape index (κ3) is 4.27. The summed E-state index contributed by atoms with van der Waals surface area (Å²) in [7, 11) is 0. The Morgan fingerprint density at radius 3 is 2.25 bits per heavy atom. The van der Waals surface area contributed by atoms with Crippen molar-refractivity contribution in [3.05, 3.63) is 71.3 Å². The predicted octanol–water partition coefficient (Wildman–Crippen LogP) is 4.77. The van der Waals surface area contributed by atoms with E-state index in [4.69, 9.17) is 9.47 Å². The molecule has 2 amide bonds. The Labute approximate surface area is 165 Å². The molecule has 6 nitrogen and oxygen atoms in total. The number of carbonyl (C=O) groups is 2. The molecule has 2 atom stereocenters. The van der Waals surface area contributed by atoms with E-state index in [1.54, 1.807) is 13.8 Å². The van der Waals surface area contributed by atoms with Gasteiger partial charge in [0, 0.05) is 5.92 Å². The highest BCUT2D eigenvalue weighted by Crippen LogP contribution is 2.43. The summed E-state index contributed by atoms with van der Waals surface area (Å²) in [6, 6.07) is 18.1. The summed E-state index contributed by atoms with van der Waals surface area (Å²) >= 11 is 0. The van der Waals surface area contributed by atoms with Gasteiger partial charge in [0.15, 0.2) is 0 Å². The van der Waals surface area contributed by atoms with E-state index in [1.807, 2.05) is 36.4 Å². The molecule has 1 N–H and O–H groups in total. The van der Waals surface area contributed by atoms with Crippen LogP contribution in [0, 0.1) is 0 Å². The Hall–Kier alpha value is -3.02. The van der Waals surface area contributed by atoms with Crippen molar-refractivity contribution >= 4 is 12.2 Å². The molecule has 0 bridgehead atoms. The number of nitrogens with one attached hydrogen (secondary N) is 1. The Bertz CT molecular complexity index is 809. The molecule has 0 aromatic heterocycles. The molecule has 0 saturated carbocycles. The minimum Gasteiger partial charge on any atom is -0.449 e. The van der Waals surface area contributed by atoms with Gasteiger partial charge in [0.05, 0.1) is 19.3 Å². The summed E-state index contributed by atoms with van der Waals surface area (Å²) in [4.78, 5) is 24.6. The number of hydrogen-bond donors (Lipinski definition) is 1. The van der Waals surface area contributed by atoms with Crippen LogP contribution < -0.4 is 5.43 Å². The van der Waals surface area contributed by atoms with Crippen molar-refractivity contribution in [2.45, 2.75) is 38.6 Å². The molecule has 0 radical (unpaired) electrons. The van der Waals surface area contributed by atoms with E-state index < -0.39 is 12.2 Å². The summed E-state index contributed by atoms with van der Waals surface area (Å²) in [6.45, 7) is 3.90. The molecular weight excluding hydrogens is 356 g/mol. The molecule has 0 aliphatic heterocycles. The average molecular weight is 382 g/mol. The Kier molecular flexibility index (Phi) is 6.53. The fourth-order valence-corrected chi connectivity index (χ4v) is 3.77. The van der Waals surface area contributed by atoms with Gasteiger partial charge in [-0.25, -0.2) is 20.0 Å². The molecular formula is C22H26N2O4. The van der Waals surface area contributed by atoms with Gasteiger partial charge < -0.3 is 9.47 Å².